The first-order valence-corrected chi connectivity index (χ1v) is 10.9. The van der Waals surface area contributed by atoms with E-state index in [0.717, 1.165) is 11.3 Å². The van der Waals surface area contributed by atoms with Crippen LogP contribution in [0.25, 0.3) is 5.76 Å². The molecule has 0 saturated carbocycles. The molecule has 2 heterocycles. The number of phenolic OH excluding ortho intramolecular Hbond substituents is 1. The van der Waals surface area contributed by atoms with Crippen molar-refractivity contribution in [2.75, 3.05) is 26.9 Å². The second kappa shape index (κ2) is 9.15. The van der Waals surface area contributed by atoms with Crippen molar-refractivity contribution >= 4 is 17.4 Å². The number of phenols is 1. The van der Waals surface area contributed by atoms with Gasteiger partial charge in [-0.3, -0.25) is 9.59 Å². The molecule has 0 aliphatic carbocycles. The summed E-state index contributed by atoms with van der Waals surface area (Å²) in [5.41, 5.74) is 1.88. The van der Waals surface area contributed by atoms with Gasteiger partial charge in [0.1, 0.15) is 17.6 Å². The fraction of sp³-hybridized carbons (Fsp3) is 0.360. The first-order valence-electron chi connectivity index (χ1n) is 10.9. The van der Waals surface area contributed by atoms with Crippen LogP contribution in [-0.4, -0.2) is 59.8 Å². The maximum absolute atomic E-state index is 13.1. The second-order valence-electron chi connectivity index (χ2n) is 8.10. The molecule has 1 fully saturated rings. The van der Waals surface area contributed by atoms with E-state index < -0.39 is 17.7 Å². The highest BCUT2D eigenvalue weighted by Gasteiger charge is 2.46. The van der Waals surface area contributed by atoms with Crippen LogP contribution < -0.4 is 9.47 Å². The summed E-state index contributed by atoms with van der Waals surface area (Å²) in [7, 11) is 1.51. The number of aliphatic hydroxyl groups is 1. The van der Waals surface area contributed by atoms with Crippen LogP contribution in [0.1, 0.15) is 36.6 Å². The molecule has 2 atom stereocenters. The molecule has 174 valence electrons. The molecule has 1 amide bonds. The Bertz CT molecular complexity index is 1120. The van der Waals surface area contributed by atoms with Gasteiger partial charge >= 0.3 is 0 Å². The van der Waals surface area contributed by atoms with Crippen molar-refractivity contribution in [3.8, 4) is 17.2 Å². The average molecular weight is 453 g/mol. The fourth-order valence-corrected chi connectivity index (χ4v) is 4.34. The Morgan fingerprint density at radius 1 is 1.21 bits per heavy atom. The summed E-state index contributed by atoms with van der Waals surface area (Å²) in [5, 5.41) is 21.4. The van der Waals surface area contributed by atoms with Crippen LogP contribution in [0, 0.1) is 0 Å². The van der Waals surface area contributed by atoms with Crippen molar-refractivity contribution in [1.29, 1.82) is 0 Å². The third kappa shape index (κ3) is 4.14. The van der Waals surface area contributed by atoms with Crippen LogP contribution in [-0.2, 0) is 20.7 Å². The fourth-order valence-electron chi connectivity index (χ4n) is 4.34. The molecule has 4 rings (SSSR count). The number of hydrogen-bond donors (Lipinski definition) is 2. The number of aliphatic hydroxyl groups excluding tert-OH is 1. The Kier molecular flexibility index (Phi) is 6.29. The molecule has 2 N–H and O–H groups in total. The van der Waals surface area contributed by atoms with Crippen molar-refractivity contribution < 1.29 is 34.0 Å². The zero-order chi connectivity index (χ0) is 23.7. The van der Waals surface area contributed by atoms with Crippen molar-refractivity contribution in [1.82, 2.24) is 4.90 Å². The van der Waals surface area contributed by atoms with Gasteiger partial charge in [-0.15, -0.1) is 0 Å². The van der Waals surface area contributed by atoms with Crippen LogP contribution in [0.5, 0.6) is 17.2 Å². The number of amides is 1. The topological polar surface area (TPSA) is 106 Å². The molecule has 2 aliphatic heterocycles. The number of hydrogen-bond acceptors (Lipinski definition) is 7. The first kappa shape index (κ1) is 22.7. The Labute approximate surface area is 192 Å². The lowest BCUT2D eigenvalue weighted by Gasteiger charge is -2.25. The van der Waals surface area contributed by atoms with E-state index in [9.17, 15) is 19.8 Å². The minimum atomic E-state index is -0.858. The van der Waals surface area contributed by atoms with Crippen LogP contribution in [0.3, 0.4) is 0 Å². The van der Waals surface area contributed by atoms with Crippen molar-refractivity contribution in [2.24, 2.45) is 0 Å². The van der Waals surface area contributed by atoms with Gasteiger partial charge in [-0.25, -0.2) is 0 Å². The number of ketones is 1. The van der Waals surface area contributed by atoms with Crippen LogP contribution in [0.2, 0.25) is 0 Å². The van der Waals surface area contributed by atoms with Crippen LogP contribution >= 0.6 is 0 Å². The number of nitrogens with zero attached hydrogens (tertiary/aromatic N) is 1. The largest absolute Gasteiger partial charge is 0.507 e. The van der Waals surface area contributed by atoms with Gasteiger partial charge in [0.2, 0.25) is 0 Å². The number of likely N-dealkylation sites (tertiary alicyclic amines) is 1. The molecule has 8 nitrogen and oxygen atoms in total. The Morgan fingerprint density at radius 3 is 2.73 bits per heavy atom. The van der Waals surface area contributed by atoms with E-state index in [1.165, 1.54) is 18.1 Å². The third-order valence-corrected chi connectivity index (χ3v) is 5.85. The Hall–Kier alpha value is -3.52. The number of Topliss-reactive ketones (excluding diaryl/α,β-unsaturated/α-hetero) is 1. The summed E-state index contributed by atoms with van der Waals surface area (Å²) < 4.78 is 16.3. The van der Waals surface area contributed by atoms with Gasteiger partial charge in [-0.05, 0) is 55.3 Å². The minimum absolute atomic E-state index is 0.0174. The number of aromatic hydroxyl groups is 1. The second-order valence-corrected chi connectivity index (χ2v) is 8.10. The number of ether oxygens (including phenoxy) is 3. The molecule has 1 saturated heterocycles. The molecule has 2 aromatic carbocycles. The smallest absolute Gasteiger partial charge is 0.295 e. The lowest BCUT2D eigenvalue weighted by atomic mass is 9.94. The first-order chi connectivity index (χ1) is 15.8. The minimum Gasteiger partial charge on any atom is -0.507 e. The highest BCUT2D eigenvalue weighted by molar-refractivity contribution is 6.46. The van der Waals surface area contributed by atoms with E-state index >= 15 is 0 Å². The summed E-state index contributed by atoms with van der Waals surface area (Å²) in [6, 6.07) is 9.01. The Morgan fingerprint density at radius 2 is 2.00 bits per heavy atom. The normalized spacial score (nSPS) is 21.2. The predicted octanol–water partition coefficient (Wildman–Crippen LogP) is 3.18. The standard InChI is InChI=1S/C25H27NO7/c1-4-32-20-13-15(5-7-18(20)27)22-21(24(29)25(30)26(22)9-10-31-3)23(28)16-6-8-19-17(12-16)11-14(2)33-19/h5-8,12-14,22,27-28H,4,9-11H2,1-3H3. The van der Waals surface area contributed by atoms with E-state index in [1.54, 1.807) is 37.3 Å². The van der Waals surface area contributed by atoms with Gasteiger partial charge in [0.15, 0.2) is 11.5 Å². The number of carbonyl (C=O) groups is 2. The van der Waals surface area contributed by atoms with Gasteiger partial charge < -0.3 is 29.3 Å². The average Bonchev–Trinajstić information content (AvgIpc) is 3.29. The highest BCUT2D eigenvalue weighted by atomic mass is 16.5. The van der Waals surface area contributed by atoms with E-state index in [1.807, 2.05) is 6.92 Å². The van der Waals surface area contributed by atoms with Gasteiger partial charge in [0, 0.05) is 25.6 Å². The zero-order valence-electron chi connectivity index (χ0n) is 18.8. The predicted molar refractivity (Wildman–Crippen MR) is 120 cm³/mol. The third-order valence-electron chi connectivity index (χ3n) is 5.85. The maximum atomic E-state index is 13.1. The van der Waals surface area contributed by atoms with Gasteiger partial charge in [-0.2, -0.15) is 0 Å². The molecule has 2 aromatic rings. The summed E-state index contributed by atoms with van der Waals surface area (Å²) in [6.45, 7) is 4.45. The van der Waals surface area contributed by atoms with E-state index in [-0.39, 0.29) is 42.1 Å². The lowest BCUT2D eigenvalue weighted by Crippen LogP contribution is -2.32. The number of carbonyl (C=O) groups excluding carboxylic acids is 2. The summed E-state index contributed by atoms with van der Waals surface area (Å²) >= 11 is 0. The van der Waals surface area contributed by atoms with Crippen molar-refractivity contribution in [3.05, 3.63) is 58.7 Å². The molecule has 8 heteroatoms. The monoisotopic (exact) mass is 453 g/mol. The van der Waals surface area contributed by atoms with Crippen LogP contribution in [0.4, 0.5) is 0 Å². The number of fused-ring (bicyclic) bond motifs is 1. The maximum Gasteiger partial charge on any atom is 0.295 e. The van der Waals surface area contributed by atoms with Gasteiger partial charge in [0.25, 0.3) is 11.7 Å². The molecule has 2 unspecified atom stereocenters. The molecule has 2 aliphatic rings. The van der Waals surface area contributed by atoms with Gasteiger partial charge in [-0.1, -0.05) is 6.07 Å². The van der Waals surface area contributed by atoms with Crippen LogP contribution in [0.15, 0.2) is 42.0 Å². The molecule has 0 spiro atoms. The Balaban J connectivity index is 1.84. The van der Waals surface area contributed by atoms with E-state index in [4.69, 9.17) is 14.2 Å². The zero-order valence-corrected chi connectivity index (χ0v) is 18.8. The van der Waals surface area contributed by atoms with Gasteiger partial charge in [0.05, 0.1) is 24.8 Å². The number of rotatable bonds is 7. The molecular weight excluding hydrogens is 426 g/mol. The van der Waals surface area contributed by atoms with E-state index in [0.29, 0.717) is 24.2 Å². The molecular formula is C25H27NO7. The lowest BCUT2D eigenvalue weighted by molar-refractivity contribution is -0.140. The molecule has 0 aromatic heterocycles. The highest BCUT2D eigenvalue weighted by Crippen LogP contribution is 2.42. The number of benzene rings is 2. The van der Waals surface area contributed by atoms with Crippen molar-refractivity contribution in [2.45, 2.75) is 32.4 Å². The number of methoxy groups -OCH3 is 1. The molecule has 0 radical (unpaired) electrons. The summed E-state index contributed by atoms with van der Waals surface area (Å²) in [4.78, 5) is 27.4. The quantitative estimate of drug-likeness (QED) is 0.377. The summed E-state index contributed by atoms with van der Waals surface area (Å²) in [6.07, 6.45) is 0.726. The van der Waals surface area contributed by atoms with Crippen molar-refractivity contribution in [3.63, 3.8) is 0 Å². The molecule has 33 heavy (non-hydrogen) atoms. The van der Waals surface area contributed by atoms with E-state index in [2.05, 4.69) is 0 Å². The SMILES string of the molecule is CCOc1cc(C2C(=C(O)c3ccc4c(c3)CC(C)O4)C(=O)C(=O)N2CCOC)ccc1O. The summed E-state index contributed by atoms with van der Waals surface area (Å²) in [5.74, 6) is -0.826. The molecule has 0 bridgehead atoms.